The number of pyridine rings is 1. The molecule has 2 rings (SSSR count). The number of benzene rings is 1. The Balaban J connectivity index is 2.17. The van der Waals surface area contributed by atoms with Crippen molar-refractivity contribution in [3.63, 3.8) is 0 Å². The van der Waals surface area contributed by atoms with Gasteiger partial charge in [-0.2, -0.15) is 0 Å². The van der Waals surface area contributed by atoms with Gasteiger partial charge in [0.1, 0.15) is 5.75 Å². The largest absolute Gasteiger partial charge is 0.495 e. The summed E-state index contributed by atoms with van der Waals surface area (Å²) >= 11 is 0. The van der Waals surface area contributed by atoms with Gasteiger partial charge in [-0.05, 0) is 36.6 Å². The second-order valence-electron chi connectivity index (χ2n) is 5.89. The van der Waals surface area contributed by atoms with E-state index in [-0.39, 0.29) is 5.91 Å². The number of carbonyl (C=O) groups is 1. The van der Waals surface area contributed by atoms with Gasteiger partial charge in [0.25, 0.3) is 5.91 Å². The quantitative estimate of drug-likeness (QED) is 0.856. The average molecular weight is 313 g/mol. The van der Waals surface area contributed by atoms with Gasteiger partial charge in [0, 0.05) is 12.7 Å². The summed E-state index contributed by atoms with van der Waals surface area (Å²) in [6.45, 7) is 6.77. The topological polar surface area (TPSA) is 63.2 Å². The number of rotatable bonds is 6. The molecule has 1 aromatic carbocycles. The molecule has 0 bridgehead atoms. The van der Waals surface area contributed by atoms with Crippen LogP contribution in [0.2, 0.25) is 0 Å². The third kappa shape index (κ3) is 4.71. The molecular weight excluding hydrogens is 290 g/mol. The molecule has 1 aromatic heterocycles. The van der Waals surface area contributed by atoms with E-state index < -0.39 is 0 Å². The summed E-state index contributed by atoms with van der Waals surface area (Å²) in [7, 11) is 1.63. The van der Waals surface area contributed by atoms with Crippen molar-refractivity contribution in [2.24, 2.45) is 5.92 Å². The smallest absolute Gasteiger partial charge is 0.252 e. The number of aryl methyl sites for hydroxylation is 1. The van der Waals surface area contributed by atoms with E-state index >= 15 is 0 Å². The van der Waals surface area contributed by atoms with E-state index in [1.807, 2.05) is 25.1 Å². The van der Waals surface area contributed by atoms with Crippen molar-refractivity contribution in [3.05, 3.63) is 47.8 Å². The van der Waals surface area contributed by atoms with Crippen molar-refractivity contribution in [1.82, 2.24) is 10.3 Å². The molecule has 1 heterocycles. The summed E-state index contributed by atoms with van der Waals surface area (Å²) in [6, 6.07) is 7.66. The lowest BCUT2D eigenvalue weighted by Gasteiger charge is -2.13. The highest BCUT2D eigenvalue weighted by Gasteiger charge is 2.09. The molecule has 1 amide bonds. The molecule has 5 nitrogen and oxygen atoms in total. The minimum Gasteiger partial charge on any atom is -0.495 e. The zero-order valence-corrected chi connectivity index (χ0v) is 14.0. The Morgan fingerprint density at radius 3 is 2.74 bits per heavy atom. The highest BCUT2D eigenvalue weighted by atomic mass is 16.5. The number of methoxy groups -OCH3 is 1. The van der Waals surface area contributed by atoms with Crippen molar-refractivity contribution < 1.29 is 9.53 Å². The molecule has 23 heavy (non-hydrogen) atoms. The Morgan fingerprint density at radius 1 is 1.26 bits per heavy atom. The third-order valence-corrected chi connectivity index (χ3v) is 3.31. The van der Waals surface area contributed by atoms with Crippen LogP contribution in [0.4, 0.5) is 11.4 Å². The van der Waals surface area contributed by atoms with Gasteiger partial charge in [0.05, 0.1) is 30.2 Å². The number of amides is 1. The first-order chi connectivity index (χ1) is 11.0. The van der Waals surface area contributed by atoms with Gasteiger partial charge in [-0.1, -0.05) is 19.9 Å². The summed E-state index contributed by atoms with van der Waals surface area (Å²) in [5, 5.41) is 6.15. The summed E-state index contributed by atoms with van der Waals surface area (Å²) in [5.41, 5.74) is 3.23. The predicted molar refractivity (Wildman–Crippen MR) is 92.4 cm³/mol. The van der Waals surface area contributed by atoms with Crippen LogP contribution >= 0.6 is 0 Å². The van der Waals surface area contributed by atoms with E-state index in [4.69, 9.17) is 4.74 Å². The van der Waals surface area contributed by atoms with Crippen molar-refractivity contribution in [1.29, 1.82) is 0 Å². The number of hydrogen-bond acceptors (Lipinski definition) is 4. The number of nitrogens with one attached hydrogen (secondary N) is 2. The Morgan fingerprint density at radius 2 is 2.04 bits per heavy atom. The van der Waals surface area contributed by atoms with Crippen molar-refractivity contribution in [3.8, 4) is 5.75 Å². The highest BCUT2D eigenvalue weighted by Crippen LogP contribution is 2.28. The molecule has 0 radical (unpaired) electrons. The first-order valence-electron chi connectivity index (χ1n) is 7.64. The molecule has 0 fully saturated rings. The van der Waals surface area contributed by atoms with Crippen LogP contribution in [0.25, 0.3) is 0 Å². The van der Waals surface area contributed by atoms with E-state index in [1.54, 1.807) is 25.6 Å². The summed E-state index contributed by atoms with van der Waals surface area (Å²) in [4.78, 5) is 16.3. The number of anilines is 2. The Kier molecular flexibility index (Phi) is 5.57. The second kappa shape index (κ2) is 7.63. The van der Waals surface area contributed by atoms with Gasteiger partial charge in [-0.25, -0.2) is 0 Å². The summed E-state index contributed by atoms with van der Waals surface area (Å²) in [5.74, 6) is 1.03. The van der Waals surface area contributed by atoms with E-state index in [9.17, 15) is 4.79 Å². The monoisotopic (exact) mass is 313 g/mol. The lowest BCUT2D eigenvalue weighted by atomic mass is 10.2. The average Bonchev–Trinajstić information content (AvgIpc) is 2.53. The number of hydrogen-bond donors (Lipinski definition) is 2. The Labute approximate surface area is 137 Å². The molecule has 0 aliphatic rings. The molecule has 2 aromatic rings. The first kappa shape index (κ1) is 16.8. The molecule has 0 unspecified atom stereocenters. The normalized spacial score (nSPS) is 10.5. The maximum absolute atomic E-state index is 12.1. The van der Waals surface area contributed by atoms with Crippen LogP contribution in [-0.4, -0.2) is 24.5 Å². The van der Waals surface area contributed by atoms with Crippen LogP contribution in [0.3, 0.4) is 0 Å². The number of carbonyl (C=O) groups excluding carboxylic acids is 1. The standard InChI is InChI=1S/C18H23N3O2/c1-12(2)9-20-18(22)14-8-15(11-19-10-14)21-16-7-13(3)5-6-17(16)23-4/h5-8,10-12,21H,9H2,1-4H3,(H,20,22). The van der Waals surface area contributed by atoms with Gasteiger partial charge < -0.3 is 15.4 Å². The molecule has 0 aliphatic carbocycles. The van der Waals surface area contributed by atoms with Crippen LogP contribution in [-0.2, 0) is 0 Å². The van der Waals surface area contributed by atoms with E-state index in [2.05, 4.69) is 29.5 Å². The molecule has 2 N–H and O–H groups in total. The van der Waals surface area contributed by atoms with Gasteiger partial charge in [-0.15, -0.1) is 0 Å². The van der Waals surface area contributed by atoms with Crippen LogP contribution < -0.4 is 15.4 Å². The minimum absolute atomic E-state index is 0.119. The molecule has 0 aliphatic heterocycles. The lowest BCUT2D eigenvalue weighted by molar-refractivity contribution is 0.0948. The SMILES string of the molecule is COc1ccc(C)cc1Nc1cncc(C(=O)NCC(C)C)c1. The fourth-order valence-electron chi connectivity index (χ4n) is 2.11. The van der Waals surface area contributed by atoms with E-state index in [0.717, 1.165) is 22.7 Å². The van der Waals surface area contributed by atoms with Gasteiger partial charge in [-0.3, -0.25) is 9.78 Å². The summed E-state index contributed by atoms with van der Waals surface area (Å²) in [6.07, 6.45) is 3.25. The van der Waals surface area contributed by atoms with Crippen LogP contribution in [0, 0.1) is 12.8 Å². The zero-order chi connectivity index (χ0) is 16.8. The van der Waals surface area contributed by atoms with E-state index in [1.165, 1.54) is 0 Å². The first-order valence-corrected chi connectivity index (χ1v) is 7.64. The maximum Gasteiger partial charge on any atom is 0.252 e. The van der Waals surface area contributed by atoms with Crippen molar-refractivity contribution in [2.45, 2.75) is 20.8 Å². The zero-order valence-electron chi connectivity index (χ0n) is 14.0. The lowest BCUT2D eigenvalue weighted by Crippen LogP contribution is -2.27. The maximum atomic E-state index is 12.1. The van der Waals surface area contributed by atoms with Crippen LogP contribution in [0.5, 0.6) is 5.75 Å². The minimum atomic E-state index is -0.119. The summed E-state index contributed by atoms with van der Waals surface area (Å²) < 4.78 is 5.35. The molecule has 0 spiro atoms. The van der Waals surface area contributed by atoms with Gasteiger partial charge >= 0.3 is 0 Å². The van der Waals surface area contributed by atoms with Crippen LogP contribution in [0.1, 0.15) is 29.8 Å². The molecule has 0 saturated heterocycles. The number of aromatic nitrogens is 1. The molecule has 0 atom stereocenters. The molecule has 5 heteroatoms. The molecular formula is C18H23N3O2. The second-order valence-corrected chi connectivity index (χ2v) is 5.89. The molecule has 122 valence electrons. The van der Waals surface area contributed by atoms with Gasteiger partial charge in [0.15, 0.2) is 0 Å². The van der Waals surface area contributed by atoms with Gasteiger partial charge in [0.2, 0.25) is 0 Å². The Hall–Kier alpha value is -2.56. The predicted octanol–water partition coefficient (Wildman–Crippen LogP) is 3.53. The fourth-order valence-corrected chi connectivity index (χ4v) is 2.11. The van der Waals surface area contributed by atoms with Crippen LogP contribution in [0.15, 0.2) is 36.7 Å². The Bertz CT molecular complexity index is 684. The fraction of sp³-hybridized carbons (Fsp3) is 0.333. The highest BCUT2D eigenvalue weighted by molar-refractivity contribution is 5.94. The van der Waals surface area contributed by atoms with E-state index in [0.29, 0.717) is 18.0 Å². The third-order valence-electron chi connectivity index (χ3n) is 3.31. The molecule has 0 saturated carbocycles. The number of nitrogens with zero attached hydrogens (tertiary/aromatic N) is 1. The number of ether oxygens (including phenoxy) is 1. The van der Waals surface area contributed by atoms with Crippen molar-refractivity contribution >= 4 is 17.3 Å². The van der Waals surface area contributed by atoms with Crippen molar-refractivity contribution in [2.75, 3.05) is 19.0 Å².